The van der Waals surface area contributed by atoms with E-state index < -0.39 is 0 Å². The van der Waals surface area contributed by atoms with Gasteiger partial charge in [-0.1, -0.05) is 36.0 Å². The van der Waals surface area contributed by atoms with E-state index in [0.717, 1.165) is 5.56 Å². The standard InChI is InChI=1S/C11H13ClN2OS/c1-7-4-3-5-8(10(7)12)11(15)14(2)6-9(13)16/h3-5H,6H2,1-2H3,(H2,13,16). The molecule has 0 heterocycles. The van der Waals surface area contributed by atoms with Gasteiger partial charge in [0.05, 0.1) is 22.1 Å². The molecule has 0 saturated heterocycles. The van der Waals surface area contributed by atoms with Crippen LogP contribution in [0.1, 0.15) is 15.9 Å². The van der Waals surface area contributed by atoms with Crippen LogP contribution in [0, 0.1) is 6.92 Å². The number of rotatable bonds is 3. The number of likely N-dealkylation sites (N-methyl/N-ethyl adjacent to an activating group) is 1. The lowest BCUT2D eigenvalue weighted by atomic mass is 10.1. The average Bonchev–Trinajstić information content (AvgIpc) is 2.20. The SMILES string of the molecule is Cc1cccc(C(=O)N(C)CC(N)=S)c1Cl. The van der Waals surface area contributed by atoms with Gasteiger partial charge in [0, 0.05) is 7.05 Å². The van der Waals surface area contributed by atoms with Gasteiger partial charge in [-0.15, -0.1) is 0 Å². The highest BCUT2D eigenvalue weighted by Gasteiger charge is 2.16. The highest BCUT2D eigenvalue weighted by atomic mass is 35.5. The Bertz CT molecular complexity index is 434. The van der Waals surface area contributed by atoms with Crippen molar-refractivity contribution in [3.8, 4) is 0 Å². The number of nitrogens with two attached hydrogens (primary N) is 1. The van der Waals surface area contributed by atoms with E-state index in [4.69, 9.17) is 29.6 Å². The molecule has 1 aromatic carbocycles. The van der Waals surface area contributed by atoms with E-state index in [1.54, 1.807) is 19.2 Å². The Morgan fingerprint density at radius 2 is 2.19 bits per heavy atom. The largest absolute Gasteiger partial charge is 0.392 e. The fourth-order valence-corrected chi connectivity index (χ4v) is 1.72. The van der Waals surface area contributed by atoms with Gasteiger partial charge in [-0.25, -0.2) is 0 Å². The average molecular weight is 257 g/mol. The van der Waals surface area contributed by atoms with E-state index in [9.17, 15) is 4.79 Å². The molecule has 0 bridgehead atoms. The van der Waals surface area contributed by atoms with E-state index in [-0.39, 0.29) is 17.4 Å². The molecule has 1 amide bonds. The van der Waals surface area contributed by atoms with E-state index in [0.29, 0.717) is 10.6 Å². The van der Waals surface area contributed by atoms with Crippen LogP contribution in [0.15, 0.2) is 18.2 Å². The molecule has 0 aliphatic heterocycles. The highest BCUT2D eigenvalue weighted by molar-refractivity contribution is 7.80. The fraction of sp³-hybridized carbons (Fsp3) is 0.273. The molecule has 2 N–H and O–H groups in total. The van der Waals surface area contributed by atoms with Gasteiger partial charge in [0.15, 0.2) is 0 Å². The Labute approximate surface area is 105 Å². The Kier molecular flexibility index (Phi) is 4.26. The molecule has 0 aliphatic rings. The summed E-state index contributed by atoms with van der Waals surface area (Å²) in [6.45, 7) is 2.10. The predicted octanol–water partition coefficient (Wildman–Crippen LogP) is 2.01. The number of carbonyl (C=O) groups is 1. The molecule has 86 valence electrons. The lowest BCUT2D eigenvalue weighted by molar-refractivity contribution is 0.0815. The van der Waals surface area contributed by atoms with Crippen LogP contribution in [0.4, 0.5) is 0 Å². The summed E-state index contributed by atoms with van der Waals surface area (Å²) in [7, 11) is 1.64. The zero-order valence-corrected chi connectivity index (χ0v) is 10.7. The number of thiocarbonyl (C=S) groups is 1. The topological polar surface area (TPSA) is 46.3 Å². The summed E-state index contributed by atoms with van der Waals surface area (Å²) in [5.74, 6) is -0.179. The molecule has 1 rings (SSSR count). The number of benzene rings is 1. The Balaban J connectivity index is 2.96. The summed E-state index contributed by atoms with van der Waals surface area (Å²) in [5, 5.41) is 0.474. The molecule has 1 aromatic rings. The number of halogens is 1. The second-order valence-electron chi connectivity index (χ2n) is 3.56. The molecular weight excluding hydrogens is 244 g/mol. The van der Waals surface area contributed by atoms with Crippen molar-refractivity contribution >= 4 is 34.7 Å². The van der Waals surface area contributed by atoms with E-state index in [1.165, 1.54) is 4.90 Å². The number of aryl methyl sites for hydroxylation is 1. The monoisotopic (exact) mass is 256 g/mol. The minimum Gasteiger partial charge on any atom is -0.392 e. The van der Waals surface area contributed by atoms with Crippen molar-refractivity contribution in [1.29, 1.82) is 0 Å². The second-order valence-corrected chi connectivity index (χ2v) is 4.47. The molecule has 0 fully saturated rings. The van der Waals surface area contributed by atoms with Crippen LogP contribution in [0.2, 0.25) is 5.02 Å². The van der Waals surface area contributed by atoms with Crippen molar-refractivity contribution in [3.63, 3.8) is 0 Å². The van der Waals surface area contributed by atoms with Gasteiger partial charge < -0.3 is 10.6 Å². The molecule has 0 spiro atoms. The van der Waals surface area contributed by atoms with E-state index in [1.807, 2.05) is 13.0 Å². The van der Waals surface area contributed by atoms with E-state index in [2.05, 4.69) is 0 Å². The Hall–Kier alpha value is -1.13. The lowest BCUT2D eigenvalue weighted by Gasteiger charge is -2.17. The number of carbonyl (C=O) groups excluding carboxylic acids is 1. The van der Waals surface area contributed by atoms with Gasteiger partial charge in [0.2, 0.25) is 0 Å². The van der Waals surface area contributed by atoms with Gasteiger partial charge >= 0.3 is 0 Å². The molecule has 0 unspecified atom stereocenters. The molecule has 0 aliphatic carbocycles. The van der Waals surface area contributed by atoms with Crippen LogP contribution < -0.4 is 5.73 Å². The molecule has 5 heteroatoms. The van der Waals surface area contributed by atoms with Gasteiger partial charge in [-0.05, 0) is 18.6 Å². The smallest absolute Gasteiger partial charge is 0.255 e. The maximum Gasteiger partial charge on any atom is 0.255 e. The maximum absolute atomic E-state index is 12.0. The summed E-state index contributed by atoms with van der Waals surface area (Å²) in [6.07, 6.45) is 0. The third-order valence-corrected chi connectivity index (χ3v) is 2.79. The first-order chi connectivity index (χ1) is 7.43. The predicted molar refractivity (Wildman–Crippen MR) is 69.9 cm³/mol. The van der Waals surface area contributed by atoms with Crippen LogP contribution in [0.3, 0.4) is 0 Å². The lowest BCUT2D eigenvalue weighted by Crippen LogP contribution is -2.34. The van der Waals surface area contributed by atoms with Gasteiger partial charge in [-0.3, -0.25) is 4.79 Å². The van der Waals surface area contributed by atoms with Crippen LogP contribution in [-0.2, 0) is 0 Å². The van der Waals surface area contributed by atoms with Crippen molar-refractivity contribution in [2.75, 3.05) is 13.6 Å². The maximum atomic E-state index is 12.0. The Morgan fingerprint density at radius 1 is 1.56 bits per heavy atom. The molecule has 16 heavy (non-hydrogen) atoms. The van der Waals surface area contributed by atoms with Crippen molar-refractivity contribution in [2.45, 2.75) is 6.92 Å². The molecule has 0 aromatic heterocycles. The fourth-order valence-electron chi connectivity index (χ4n) is 1.32. The third-order valence-electron chi connectivity index (χ3n) is 2.16. The second kappa shape index (κ2) is 5.27. The van der Waals surface area contributed by atoms with Crippen molar-refractivity contribution in [2.24, 2.45) is 5.73 Å². The third kappa shape index (κ3) is 2.93. The molecule has 3 nitrogen and oxygen atoms in total. The summed E-state index contributed by atoms with van der Waals surface area (Å²) < 4.78 is 0. The number of hydrogen-bond acceptors (Lipinski definition) is 2. The quantitative estimate of drug-likeness (QED) is 0.842. The van der Waals surface area contributed by atoms with E-state index >= 15 is 0 Å². The summed E-state index contributed by atoms with van der Waals surface area (Å²) in [4.78, 5) is 13.7. The first-order valence-corrected chi connectivity index (χ1v) is 5.51. The van der Waals surface area contributed by atoms with Gasteiger partial charge in [0.25, 0.3) is 5.91 Å². The zero-order chi connectivity index (χ0) is 12.3. The van der Waals surface area contributed by atoms with Crippen molar-refractivity contribution in [3.05, 3.63) is 34.3 Å². The Morgan fingerprint density at radius 3 is 2.75 bits per heavy atom. The van der Waals surface area contributed by atoms with Gasteiger partial charge in [0.1, 0.15) is 0 Å². The normalized spacial score (nSPS) is 9.94. The number of hydrogen-bond donors (Lipinski definition) is 1. The van der Waals surface area contributed by atoms with Crippen molar-refractivity contribution in [1.82, 2.24) is 4.90 Å². The number of nitrogens with zero attached hydrogens (tertiary/aromatic N) is 1. The van der Waals surface area contributed by atoms with Crippen LogP contribution in [-0.4, -0.2) is 29.4 Å². The molecule has 0 radical (unpaired) electrons. The first kappa shape index (κ1) is 12.9. The van der Waals surface area contributed by atoms with Crippen LogP contribution >= 0.6 is 23.8 Å². The highest BCUT2D eigenvalue weighted by Crippen LogP contribution is 2.21. The van der Waals surface area contributed by atoms with Crippen molar-refractivity contribution < 1.29 is 4.79 Å². The van der Waals surface area contributed by atoms with Crippen LogP contribution in [0.25, 0.3) is 0 Å². The minimum absolute atomic E-state index is 0.179. The first-order valence-electron chi connectivity index (χ1n) is 4.72. The van der Waals surface area contributed by atoms with Crippen LogP contribution in [0.5, 0.6) is 0 Å². The summed E-state index contributed by atoms with van der Waals surface area (Å²) in [6, 6.07) is 5.34. The molecule has 0 atom stereocenters. The summed E-state index contributed by atoms with van der Waals surface area (Å²) >= 11 is 10.8. The molecule has 0 saturated carbocycles. The minimum atomic E-state index is -0.179. The van der Waals surface area contributed by atoms with Gasteiger partial charge in [-0.2, -0.15) is 0 Å². The summed E-state index contributed by atoms with van der Waals surface area (Å²) in [5.41, 5.74) is 6.73. The number of amides is 1. The zero-order valence-electron chi connectivity index (χ0n) is 9.16. The molecular formula is C11H13ClN2OS.